The Balaban J connectivity index is 1.48. The van der Waals surface area contributed by atoms with Crippen LogP contribution in [0.3, 0.4) is 0 Å². The fraction of sp³-hybridized carbons (Fsp3) is 0.417. The molecule has 160 valence electrons. The molecule has 0 aliphatic carbocycles. The maximum atomic E-state index is 12.6. The predicted octanol–water partition coefficient (Wildman–Crippen LogP) is 3.45. The highest BCUT2D eigenvalue weighted by Gasteiger charge is 2.17. The number of benzene rings is 2. The molecule has 0 aromatic heterocycles. The van der Waals surface area contributed by atoms with E-state index in [-0.39, 0.29) is 5.91 Å². The third kappa shape index (κ3) is 6.79. The summed E-state index contributed by atoms with van der Waals surface area (Å²) in [4.78, 5) is 19.2. The zero-order valence-electron chi connectivity index (χ0n) is 17.8. The Morgan fingerprint density at radius 1 is 1.00 bits per heavy atom. The van der Waals surface area contributed by atoms with E-state index in [0.29, 0.717) is 19.7 Å². The van der Waals surface area contributed by atoms with Crippen LogP contribution in [0.5, 0.6) is 5.75 Å². The molecule has 1 amide bonds. The Kier molecular flexibility index (Phi) is 8.57. The summed E-state index contributed by atoms with van der Waals surface area (Å²) in [5.74, 6) is 1.75. The number of nitrogens with one attached hydrogen (secondary N) is 2. The van der Waals surface area contributed by atoms with Crippen LogP contribution in [-0.4, -0.2) is 49.6 Å². The smallest absolute Gasteiger partial charge is 0.253 e. The lowest BCUT2D eigenvalue weighted by Crippen LogP contribution is -2.39. The van der Waals surface area contributed by atoms with Gasteiger partial charge in [-0.3, -0.25) is 4.79 Å². The molecule has 2 aromatic rings. The van der Waals surface area contributed by atoms with Gasteiger partial charge in [0.05, 0.1) is 13.1 Å². The van der Waals surface area contributed by atoms with Crippen molar-refractivity contribution < 1.29 is 9.53 Å². The average molecular weight is 409 g/mol. The van der Waals surface area contributed by atoms with Gasteiger partial charge in [0.1, 0.15) is 12.4 Å². The van der Waals surface area contributed by atoms with Gasteiger partial charge in [0.25, 0.3) is 5.91 Å². The Morgan fingerprint density at radius 2 is 1.73 bits per heavy atom. The normalized spacial score (nSPS) is 14.3. The van der Waals surface area contributed by atoms with Crippen molar-refractivity contribution in [1.82, 2.24) is 15.5 Å². The first-order valence-corrected chi connectivity index (χ1v) is 10.8. The minimum atomic E-state index is 0.137. The highest BCUT2D eigenvalue weighted by molar-refractivity contribution is 5.94. The number of ether oxygens (including phenoxy) is 1. The molecule has 6 heteroatoms. The number of hydrogen-bond acceptors (Lipinski definition) is 3. The van der Waals surface area contributed by atoms with E-state index >= 15 is 0 Å². The number of aliphatic imine (C=N–C) groups is 1. The van der Waals surface area contributed by atoms with E-state index in [9.17, 15) is 4.79 Å². The van der Waals surface area contributed by atoms with Gasteiger partial charge in [0, 0.05) is 25.2 Å². The van der Waals surface area contributed by atoms with Crippen LogP contribution in [0.1, 0.15) is 42.1 Å². The van der Waals surface area contributed by atoms with Gasteiger partial charge in [-0.1, -0.05) is 30.3 Å². The molecule has 0 bridgehead atoms. The molecule has 0 saturated carbocycles. The van der Waals surface area contributed by atoms with E-state index in [4.69, 9.17) is 4.74 Å². The van der Waals surface area contributed by atoms with Crippen LogP contribution in [0, 0.1) is 0 Å². The molecular weight excluding hydrogens is 376 g/mol. The van der Waals surface area contributed by atoms with E-state index < -0.39 is 0 Å². The Morgan fingerprint density at radius 3 is 2.43 bits per heavy atom. The molecule has 3 rings (SSSR count). The van der Waals surface area contributed by atoms with Gasteiger partial charge in [-0.2, -0.15) is 0 Å². The first kappa shape index (κ1) is 21.7. The highest BCUT2D eigenvalue weighted by atomic mass is 16.5. The lowest BCUT2D eigenvalue weighted by molar-refractivity contribution is 0.0724. The second-order valence-corrected chi connectivity index (χ2v) is 7.33. The largest absolute Gasteiger partial charge is 0.492 e. The topological polar surface area (TPSA) is 66.0 Å². The second-order valence-electron chi connectivity index (χ2n) is 7.33. The minimum Gasteiger partial charge on any atom is -0.492 e. The van der Waals surface area contributed by atoms with Crippen molar-refractivity contribution in [3.8, 4) is 5.75 Å². The van der Waals surface area contributed by atoms with Crippen LogP contribution >= 0.6 is 0 Å². The lowest BCUT2D eigenvalue weighted by atomic mass is 10.1. The van der Waals surface area contributed by atoms with Crippen molar-refractivity contribution in [2.45, 2.75) is 32.7 Å². The van der Waals surface area contributed by atoms with Gasteiger partial charge in [-0.05, 0) is 56.0 Å². The van der Waals surface area contributed by atoms with Gasteiger partial charge in [0.2, 0.25) is 0 Å². The molecule has 0 radical (unpaired) electrons. The second kappa shape index (κ2) is 11.9. The first-order chi connectivity index (χ1) is 14.8. The molecule has 1 fully saturated rings. The maximum absolute atomic E-state index is 12.6. The van der Waals surface area contributed by atoms with Crippen molar-refractivity contribution in [1.29, 1.82) is 0 Å². The fourth-order valence-electron chi connectivity index (χ4n) is 3.40. The summed E-state index contributed by atoms with van der Waals surface area (Å²) in [6, 6.07) is 17.6. The SMILES string of the molecule is CCNC(=NCc1ccc(C(=O)N2CCCCC2)cc1)NCCOc1ccccc1. The quantitative estimate of drug-likeness (QED) is 0.399. The molecule has 0 unspecified atom stereocenters. The number of para-hydroxylation sites is 1. The maximum Gasteiger partial charge on any atom is 0.253 e. The molecule has 6 nitrogen and oxygen atoms in total. The van der Waals surface area contributed by atoms with Crippen molar-refractivity contribution in [3.05, 3.63) is 65.7 Å². The van der Waals surface area contributed by atoms with Gasteiger partial charge >= 0.3 is 0 Å². The molecule has 0 atom stereocenters. The predicted molar refractivity (Wildman–Crippen MR) is 121 cm³/mol. The molecule has 1 heterocycles. The van der Waals surface area contributed by atoms with Gasteiger partial charge in [0.15, 0.2) is 5.96 Å². The van der Waals surface area contributed by atoms with Crippen LogP contribution in [-0.2, 0) is 6.54 Å². The number of nitrogens with zero attached hydrogens (tertiary/aromatic N) is 2. The Labute approximate surface area is 179 Å². The van der Waals surface area contributed by atoms with Crippen LogP contribution in [0.4, 0.5) is 0 Å². The third-order valence-electron chi connectivity index (χ3n) is 5.01. The summed E-state index contributed by atoms with van der Waals surface area (Å²) in [5.41, 5.74) is 1.83. The summed E-state index contributed by atoms with van der Waals surface area (Å²) in [5, 5.41) is 6.53. The number of amides is 1. The Bertz CT molecular complexity index is 800. The summed E-state index contributed by atoms with van der Waals surface area (Å²) in [6.07, 6.45) is 3.44. The molecule has 1 aliphatic heterocycles. The van der Waals surface area contributed by atoms with E-state index in [1.165, 1.54) is 6.42 Å². The molecule has 0 spiro atoms. The number of likely N-dealkylation sites (tertiary alicyclic amines) is 1. The molecule has 1 saturated heterocycles. The van der Waals surface area contributed by atoms with Gasteiger partial charge in [-0.15, -0.1) is 0 Å². The van der Waals surface area contributed by atoms with Crippen molar-refractivity contribution in [2.75, 3.05) is 32.8 Å². The highest BCUT2D eigenvalue weighted by Crippen LogP contribution is 2.14. The minimum absolute atomic E-state index is 0.137. The Hall–Kier alpha value is -3.02. The number of guanidine groups is 1. The van der Waals surface area contributed by atoms with Crippen LogP contribution in [0.15, 0.2) is 59.6 Å². The zero-order chi connectivity index (χ0) is 21.0. The molecular formula is C24H32N4O2. The third-order valence-corrected chi connectivity index (χ3v) is 5.01. The molecule has 2 aromatic carbocycles. The van der Waals surface area contributed by atoms with Crippen LogP contribution in [0.25, 0.3) is 0 Å². The molecule has 2 N–H and O–H groups in total. The fourth-order valence-corrected chi connectivity index (χ4v) is 3.40. The monoisotopic (exact) mass is 408 g/mol. The average Bonchev–Trinajstić information content (AvgIpc) is 2.81. The number of carbonyl (C=O) groups is 1. The van der Waals surface area contributed by atoms with Gasteiger partial charge < -0.3 is 20.3 Å². The standard InChI is InChI=1S/C24H32N4O2/c1-2-25-24(26-15-18-30-22-9-5-3-6-10-22)27-19-20-11-13-21(14-12-20)23(29)28-16-7-4-8-17-28/h3,5-6,9-14H,2,4,7-8,15-19H2,1H3,(H2,25,26,27). The molecule has 1 aliphatic rings. The number of rotatable bonds is 8. The summed E-state index contributed by atoms with van der Waals surface area (Å²) < 4.78 is 5.70. The van der Waals surface area contributed by atoms with Crippen molar-refractivity contribution >= 4 is 11.9 Å². The van der Waals surface area contributed by atoms with E-state index in [1.807, 2.05) is 66.4 Å². The summed E-state index contributed by atoms with van der Waals surface area (Å²) in [6.45, 7) is 6.33. The van der Waals surface area contributed by atoms with E-state index in [0.717, 1.165) is 55.3 Å². The number of carbonyl (C=O) groups excluding carboxylic acids is 1. The van der Waals surface area contributed by atoms with Crippen LogP contribution in [0.2, 0.25) is 0 Å². The van der Waals surface area contributed by atoms with Crippen molar-refractivity contribution in [2.24, 2.45) is 4.99 Å². The van der Waals surface area contributed by atoms with Crippen molar-refractivity contribution in [3.63, 3.8) is 0 Å². The zero-order valence-corrected chi connectivity index (χ0v) is 17.8. The van der Waals surface area contributed by atoms with E-state index in [1.54, 1.807) is 0 Å². The first-order valence-electron chi connectivity index (χ1n) is 10.8. The van der Waals surface area contributed by atoms with E-state index in [2.05, 4.69) is 15.6 Å². The molecule has 30 heavy (non-hydrogen) atoms. The van der Waals surface area contributed by atoms with Crippen LogP contribution < -0.4 is 15.4 Å². The summed E-state index contributed by atoms with van der Waals surface area (Å²) in [7, 11) is 0. The lowest BCUT2D eigenvalue weighted by Gasteiger charge is -2.26. The summed E-state index contributed by atoms with van der Waals surface area (Å²) >= 11 is 0. The number of hydrogen-bond donors (Lipinski definition) is 2. The number of piperidine rings is 1. The van der Waals surface area contributed by atoms with Gasteiger partial charge in [-0.25, -0.2) is 4.99 Å².